The number of hydrogen-bond acceptors (Lipinski definition) is 5. The van der Waals surface area contributed by atoms with Crippen LogP contribution in [-0.2, 0) is 5.54 Å². The van der Waals surface area contributed by atoms with Gasteiger partial charge in [0.05, 0.1) is 5.54 Å². The Bertz CT molecular complexity index is 734. The SMILES string of the molecule is Cl.NC1(c2noc(C3CC3c3ccccc3OC(F)F)n2)CCCC1. The topological polar surface area (TPSA) is 74.2 Å². The number of rotatable bonds is 5. The van der Waals surface area contributed by atoms with E-state index in [0.717, 1.165) is 37.7 Å². The average molecular weight is 372 g/mol. The number of ether oxygens (including phenoxy) is 1. The number of para-hydroxylation sites is 1. The zero-order valence-corrected chi connectivity index (χ0v) is 14.3. The van der Waals surface area contributed by atoms with Gasteiger partial charge in [0.2, 0.25) is 5.89 Å². The van der Waals surface area contributed by atoms with E-state index in [0.29, 0.717) is 11.7 Å². The molecule has 0 radical (unpaired) electrons. The van der Waals surface area contributed by atoms with Crippen molar-refractivity contribution < 1.29 is 18.0 Å². The van der Waals surface area contributed by atoms with E-state index in [9.17, 15) is 8.78 Å². The lowest BCUT2D eigenvalue weighted by Crippen LogP contribution is -2.34. The number of nitrogens with two attached hydrogens (primary N) is 1. The van der Waals surface area contributed by atoms with Gasteiger partial charge in [-0.2, -0.15) is 13.8 Å². The van der Waals surface area contributed by atoms with Crippen LogP contribution in [0.2, 0.25) is 0 Å². The van der Waals surface area contributed by atoms with Crippen molar-refractivity contribution in [2.24, 2.45) is 5.73 Å². The maximum absolute atomic E-state index is 12.5. The normalized spacial score (nSPS) is 24.2. The molecule has 0 bridgehead atoms. The molecule has 2 aliphatic rings. The fourth-order valence-electron chi connectivity index (χ4n) is 3.62. The molecule has 2 aromatic rings. The highest BCUT2D eigenvalue weighted by atomic mass is 35.5. The Balaban J connectivity index is 0.00000182. The van der Waals surface area contributed by atoms with E-state index in [1.54, 1.807) is 18.2 Å². The quantitative estimate of drug-likeness (QED) is 0.856. The average Bonchev–Trinajstić information content (AvgIpc) is 2.96. The molecular weight excluding hydrogens is 352 g/mol. The molecule has 25 heavy (non-hydrogen) atoms. The van der Waals surface area contributed by atoms with Gasteiger partial charge in [-0.05, 0) is 36.8 Å². The first-order valence-electron chi connectivity index (χ1n) is 8.23. The Labute approximate surface area is 150 Å². The fourth-order valence-corrected chi connectivity index (χ4v) is 3.62. The minimum atomic E-state index is -2.84. The van der Waals surface area contributed by atoms with Crippen LogP contribution in [0.4, 0.5) is 8.78 Å². The van der Waals surface area contributed by atoms with Crippen LogP contribution in [0.1, 0.15) is 61.2 Å². The summed E-state index contributed by atoms with van der Waals surface area (Å²) < 4.78 is 35.1. The van der Waals surface area contributed by atoms with Crippen molar-refractivity contribution in [3.05, 3.63) is 41.5 Å². The fraction of sp³-hybridized carbons (Fsp3) is 0.529. The number of alkyl halides is 2. The van der Waals surface area contributed by atoms with Crippen molar-refractivity contribution in [2.75, 3.05) is 0 Å². The number of nitrogens with zero attached hydrogens (tertiary/aromatic N) is 2. The summed E-state index contributed by atoms with van der Waals surface area (Å²) in [6, 6.07) is 6.86. The van der Waals surface area contributed by atoms with Gasteiger partial charge >= 0.3 is 6.61 Å². The highest BCUT2D eigenvalue weighted by Gasteiger charge is 2.46. The molecule has 2 atom stereocenters. The summed E-state index contributed by atoms with van der Waals surface area (Å²) in [5.74, 6) is 1.42. The van der Waals surface area contributed by atoms with Crippen LogP contribution in [0.15, 0.2) is 28.8 Å². The lowest BCUT2D eigenvalue weighted by Gasteiger charge is -2.17. The molecule has 2 fully saturated rings. The summed E-state index contributed by atoms with van der Waals surface area (Å²) in [5, 5.41) is 4.07. The summed E-state index contributed by atoms with van der Waals surface area (Å²) >= 11 is 0. The van der Waals surface area contributed by atoms with E-state index in [1.165, 1.54) is 0 Å². The minimum absolute atomic E-state index is 0. The monoisotopic (exact) mass is 371 g/mol. The smallest absolute Gasteiger partial charge is 0.387 e. The first-order valence-corrected chi connectivity index (χ1v) is 8.23. The van der Waals surface area contributed by atoms with Crippen molar-refractivity contribution in [3.63, 3.8) is 0 Å². The minimum Gasteiger partial charge on any atom is -0.435 e. The van der Waals surface area contributed by atoms with Gasteiger partial charge in [-0.3, -0.25) is 0 Å². The molecule has 1 aromatic heterocycles. The zero-order chi connectivity index (χ0) is 16.7. The summed E-state index contributed by atoms with van der Waals surface area (Å²) in [5.41, 5.74) is 6.62. The first kappa shape index (κ1) is 18.1. The Morgan fingerprint density at radius 1 is 1.20 bits per heavy atom. The highest BCUT2D eigenvalue weighted by Crippen LogP contribution is 2.56. The lowest BCUT2D eigenvalue weighted by atomic mass is 9.99. The van der Waals surface area contributed by atoms with E-state index in [1.807, 2.05) is 6.07 Å². The van der Waals surface area contributed by atoms with Crippen LogP contribution in [0.3, 0.4) is 0 Å². The molecule has 0 saturated heterocycles. The summed E-state index contributed by atoms with van der Waals surface area (Å²) in [7, 11) is 0. The van der Waals surface area contributed by atoms with Crippen molar-refractivity contribution in [2.45, 2.75) is 56.1 Å². The van der Waals surface area contributed by atoms with E-state index in [2.05, 4.69) is 14.9 Å². The molecule has 1 aromatic carbocycles. The van der Waals surface area contributed by atoms with Crippen molar-refractivity contribution in [1.82, 2.24) is 10.1 Å². The van der Waals surface area contributed by atoms with Crippen LogP contribution in [0.25, 0.3) is 0 Å². The third-order valence-electron chi connectivity index (χ3n) is 5.03. The molecular formula is C17H20ClF2N3O2. The van der Waals surface area contributed by atoms with Crippen molar-refractivity contribution >= 4 is 12.4 Å². The Morgan fingerprint density at radius 2 is 1.92 bits per heavy atom. The number of hydrogen-bond donors (Lipinski definition) is 1. The predicted molar refractivity (Wildman–Crippen MR) is 89.1 cm³/mol. The Morgan fingerprint density at radius 3 is 2.64 bits per heavy atom. The van der Waals surface area contributed by atoms with Gasteiger partial charge in [-0.1, -0.05) is 36.2 Å². The van der Waals surface area contributed by atoms with Gasteiger partial charge in [0.15, 0.2) is 5.82 Å². The van der Waals surface area contributed by atoms with E-state index in [4.69, 9.17) is 10.3 Å². The first-order chi connectivity index (χ1) is 11.6. The van der Waals surface area contributed by atoms with Crippen LogP contribution < -0.4 is 10.5 Å². The summed E-state index contributed by atoms with van der Waals surface area (Å²) in [6.07, 6.45) is 4.66. The molecule has 0 spiro atoms. The zero-order valence-electron chi connectivity index (χ0n) is 13.5. The molecule has 2 aliphatic carbocycles. The Hall–Kier alpha value is -1.73. The van der Waals surface area contributed by atoms with Crippen LogP contribution in [0, 0.1) is 0 Å². The third kappa shape index (κ3) is 3.48. The number of aromatic nitrogens is 2. The van der Waals surface area contributed by atoms with E-state index >= 15 is 0 Å². The second-order valence-corrected chi connectivity index (χ2v) is 6.68. The molecule has 1 heterocycles. The van der Waals surface area contributed by atoms with Gasteiger partial charge < -0.3 is 15.0 Å². The second kappa shape index (κ2) is 6.88. The van der Waals surface area contributed by atoms with Gasteiger partial charge in [0.25, 0.3) is 0 Å². The predicted octanol–water partition coefficient (Wildman–Crippen LogP) is 4.09. The largest absolute Gasteiger partial charge is 0.435 e. The highest BCUT2D eigenvalue weighted by molar-refractivity contribution is 5.85. The molecule has 8 heteroatoms. The second-order valence-electron chi connectivity index (χ2n) is 6.68. The molecule has 4 rings (SSSR count). The molecule has 0 amide bonds. The van der Waals surface area contributed by atoms with Gasteiger partial charge in [0.1, 0.15) is 5.75 Å². The molecule has 136 valence electrons. The van der Waals surface area contributed by atoms with Crippen molar-refractivity contribution in [1.29, 1.82) is 0 Å². The maximum Gasteiger partial charge on any atom is 0.387 e. The van der Waals surface area contributed by atoms with Gasteiger partial charge in [-0.15, -0.1) is 12.4 Å². The maximum atomic E-state index is 12.5. The van der Waals surface area contributed by atoms with Crippen molar-refractivity contribution in [3.8, 4) is 5.75 Å². The van der Waals surface area contributed by atoms with E-state index in [-0.39, 0.29) is 30.0 Å². The molecule has 2 unspecified atom stereocenters. The summed E-state index contributed by atoms with van der Waals surface area (Å²) in [6.45, 7) is -2.84. The Kier molecular flexibility index (Phi) is 4.97. The van der Waals surface area contributed by atoms with Crippen LogP contribution in [-0.4, -0.2) is 16.8 Å². The third-order valence-corrected chi connectivity index (χ3v) is 5.03. The molecule has 5 nitrogen and oxygen atoms in total. The lowest BCUT2D eigenvalue weighted by molar-refractivity contribution is -0.0504. The van der Waals surface area contributed by atoms with Gasteiger partial charge in [0, 0.05) is 5.92 Å². The number of benzene rings is 1. The molecule has 2 saturated carbocycles. The summed E-state index contributed by atoms with van der Waals surface area (Å²) in [4.78, 5) is 4.50. The van der Waals surface area contributed by atoms with Gasteiger partial charge in [-0.25, -0.2) is 0 Å². The van der Waals surface area contributed by atoms with Crippen LogP contribution in [0.5, 0.6) is 5.75 Å². The standard InChI is InChI=1S/C17H19F2N3O2.ClH/c18-16(19)23-13-6-2-1-5-10(13)11-9-12(11)14-21-15(22-24-14)17(20)7-3-4-8-17;/h1-2,5-6,11-12,16H,3-4,7-9,20H2;1H. The van der Waals surface area contributed by atoms with E-state index < -0.39 is 12.2 Å². The molecule has 0 aliphatic heterocycles. The number of halogens is 3. The molecule has 2 N–H and O–H groups in total. The van der Waals surface area contributed by atoms with Crippen LogP contribution >= 0.6 is 12.4 Å².